The number of nitrogen functional groups attached to an aromatic ring is 1. The number of hydrogen-bond donors (Lipinski definition) is 2. The highest BCUT2D eigenvalue weighted by atomic mass is 15.1. The molecule has 0 bridgehead atoms. The van der Waals surface area contributed by atoms with E-state index >= 15 is 0 Å². The second-order valence-electron chi connectivity index (χ2n) is 4.77. The van der Waals surface area contributed by atoms with E-state index in [0.29, 0.717) is 0 Å². The second kappa shape index (κ2) is 4.06. The van der Waals surface area contributed by atoms with Gasteiger partial charge in [-0.05, 0) is 30.3 Å². The monoisotopic (exact) mass is 260 g/mol. The summed E-state index contributed by atoms with van der Waals surface area (Å²) in [5.41, 5.74) is 10.1. The maximum Gasteiger partial charge on any atom is 0.118 e. The van der Waals surface area contributed by atoms with Gasteiger partial charge in [-0.2, -0.15) is 5.10 Å². The average molecular weight is 260 g/mol. The number of para-hydroxylation sites is 1. The van der Waals surface area contributed by atoms with Crippen LogP contribution < -0.4 is 5.73 Å². The van der Waals surface area contributed by atoms with Crippen LogP contribution in [-0.2, 0) is 0 Å². The maximum atomic E-state index is 5.78. The third-order valence-corrected chi connectivity index (χ3v) is 3.43. The summed E-state index contributed by atoms with van der Waals surface area (Å²) in [7, 11) is 0. The zero-order valence-corrected chi connectivity index (χ0v) is 10.7. The lowest BCUT2D eigenvalue weighted by atomic mass is 10.1. The van der Waals surface area contributed by atoms with Gasteiger partial charge in [0.1, 0.15) is 5.69 Å². The Morgan fingerprint density at radius 1 is 0.950 bits per heavy atom. The molecule has 0 amide bonds. The Morgan fingerprint density at radius 3 is 2.80 bits per heavy atom. The first kappa shape index (κ1) is 11.0. The summed E-state index contributed by atoms with van der Waals surface area (Å²) in [5, 5.41) is 9.53. The highest BCUT2D eigenvalue weighted by Gasteiger charge is 2.09. The van der Waals surface area contributed by atoms with Crippen LogP contribution in [0, 0.1) is 0 Å². The summed E-state index contributed by atoms with van der Waals surface area (Å²) in [5.74, 6) is 0. The van der Waals surface area contributed by atoms with Gasteiger partial charge in [-0.15, -0.1) is 0 Å². The summed E-state index contributed by atoms with van der Waals surface area (Å²) >= 11 is 0. The number of benzene rings is 2. The zero-order valence-electron chi connectivity index (χ0n) is 10.7. The fourth-order valence-electron chi connectivity index (χ4n) is 2.43. The molecule has 3 N–H and O–H groups in total. The van der Waals surface area contributed by atoms with Gasteiger partial charge >= 0.3 is 0 Å². The number of aromatic amines is 1. The number of rotatable bonds is 1. The highest BCUT2D eigenvalue weighted by molar-refractivity contribution is 5.94. The van der Waals surface area contributed by atoms with Gasteiger partial charge in [0.25, 0.3) is 0 Å². The van der Waals surface area contributed by atoms with Gasteiger partial charge in [0.15, 0.2) is 0 Å². The molecule has 0 unspecified atom stereocenters. The molecule has 4 rings (SSSR count). The number of anilines is 1. The van der Waals surface area contributed by atoms with Crippen molar-refractivity contribution in [3.8, 4) is 11.4 Å². The minimum Gasteiger partial charge on any atom is -0.399 e. The predicted molar refractivity (Wildman–Crippen MR) is 81.2 cm³/mol. The molecule has 4 nitrogen and oxygen atoms in total. The van der Waals surface area contributed by atoms with E-state index in [1.54, 1.807) is 0 Å². The lowest BCUT2D eigenvalue weighted by molar-refractivity contribution is 1.11. The Balaban J connectivity index is 1.96. The zero-order chi connectivity index (χ0) is 13.5. The minimum absolute atomic E-state index is 0.721. The Labute approximate surface area is 115 Å². The van der Waals surface area contributed by atoms with E-state index in [1.807, 2.05) is 42.5 Å². The Kier molecular flexibility index (Phi) is 2.23. The van der Waals surface area contributed by atoms with E-state index in [-0.39, 0.29) is 0 Å². The summed E-state index contributed by atoms with van der Waals surface area (Å²) in [6.45, 7) is 0. The van der Waals surface area contributed by atoms with Crippen molar-refractivity contribution in [3.05, 3.63) is 54.6 Å². The molecule has 2 aromatic heterocycles. The standard InChI is InChI=1S/C16H12N4/c17-11-6-7-12-15(9-11)19-20-16(12)14-8-5-10-3-1-2-4-13(10)18-14/h1-9H,17H2,(H,19,20). The fourth-order valence-corrected chi connectivity index (χ4v) is 2.43. The van der Waals surface area contributed by atoms with Crippen molar-refractivity contribution in [2.75, 3.05) is 5.73 Å². The topological polar surface area (TPSA) is 67.6 Å². The number of aromatic nitrogens is 3. The van der Waals surface area contributed by atoms with Crippen LogP contribution in [0.5, 0.6) is 0 Å². The lowest BCUT2D eigenvalue weighted by Gasteiger charge is -2.01. The molecular weight excluding hydrogens is 248 g/mol. The van der Waals surface area contributed by atoms with E-state index in [2.05, 4.69) is 27.3 Å². The average Bonchev–Trinajstić information content (AvgIpc) is 2.89. The van der Waals surface area contributed by atoms with Gasteiger partial charge in [0.2, 0.25) is 0 Å². The Morgan fingerprint density at radius 2 is 1.85 bits per heavy atom. The van der Waals surface area contributed by atoms with Crippen LogP contribution in [0.1, 0.15) is 0 Å². The summed E-state index contributed by atoms with van der Waals surface area (Å²) in [4.78, 5) is 4.68. The van der Waals surface area contributed by atoms with Gasteiger partial charge < -0.3 is 5.73 Å². The lowest BCUT2D eigenvalue weighted by Crippen LogP contribution is -1.86. The van der Waals surface area contributed by atoms with Crippen molar-refractivity contribution in [3.63, 3.8) is 0 Å². The Bertz CT molecular complexity index is 924. The van der Waals surface area contributed by atoms with Crippen LogP contribution >= 0.6 is 0 Å². The third-order valence-electron chi connectivity index (χ3n) is 3.43. The van der Waals surface area contributed by atoms with Crippen molar-refractivity contribution in [1.29, 1.82) is 0 Å². The molecule has 0 atom stereocenters. The smallest absolute Gasteiger partial charge is 0.118 e. The van der Waals surface area contributed by atoms with Crippen LogP contribution in [0.2, 0.25) is 0 Å². The molecule has 4 aromatic rings. The molecule has 0 saturated heterocycles. The summed E-state index contributed by atoms with van der Waals surface area (Å²) in [6, 6.07) is 17.8. The van der Waals surface area contributed by atoms with Crippen LogP contribution in [0.4, 0.5) is 5.69 Å². The van der Waals surface area contributed by atoms with Gasteiger partial charge in [0.05, 0.1) is 16.7 Å². The molecule has 0 radical (unpaired) electrons. The quantitative estimate of drug-likeness (QED) is 0.516. The number of nitrogens with two attached hydrogens (primary N) is 1. The highest BCUT2D eigenvalue weighted by Crippen LogP contribution is 2.27. The first-order chi connectivity index (χ1) is 9.81. The van der Waals surface area contributed by atoms with Crippen LogP contribution in [-0.4, -0.2) is 15.2 Å². The molecule has 0 saturated carbocycles. The third kappa shape index (κ3) is 1.62. The molecule has 2 heterocycles. The van der Waals surface area contributed by atoms with Crippen molar-refractivity contribution < 1.29 is 0 Å². The molecule has 4 heteroatoms. The molecule has 2 aromatic carbocycles. The number of nitrogens with one attached hydrogen (secondary N) is 1. The second-order valence-corrected chi connectivity index (χ2v) is 4.77. The van der Waals surface area contributed by atoms with Gasteiger partial charge in [-0.25, -0.2) is 4.98 Å². The van der Waals surface area contributed by atoms with E-state index in [9.17, 15) is 0 Å². The maximum absolute atomic E-state index is 5.78. The largest absolute Gasteiger partial charge is 0.399 e. The van der Waals surface area contributed by atoms with E-state index in [1.165, 1.54) is 0 Å². The van der Waals surface area contributed by atoms with Gasteiger partial charge in [-0.3, -0.25) is 5.10 Å². The van der Waals surface area contributed by atoms with Crippen molar-refractivity contribution in [2.24, 2.45) is 0 Å². The first-order valence-electron chi connectivity index (χ1n) is 6.41. The van der Waals surface area contributed by atoms with E-state index in [0.717, 1.165) is 38.9 Å². The molecule has 0 spiro atoms. The molecule has 0 fully saturated rings. The molecular formula is C16H12N4. The van der Waals surface area contributed by atoms with Crippen molar-refractivity contribution >= 4 is 27.5 Å². The number of hydrogen-bond acceptors (Lipinski definition) is 3. The first-order valence-corrected chi connectivity index (χ1v) is 6.41. The number of fused-ring (bicyclic) bond motifs is 2. The summed E-state index contributed by atoms with van der Waals surface area (Å²) in [6.07, 6.45) is 0. The number of H-pyrrole nitrogens is 1. The predicted octanol–water partition coefficient (Wildman–Crippen LogP) is 3.36. The Hall–Kier alpha value is -2.88. The van der Waals surface area contributed by atoms with Gasteiger partial charge in [-0.1, -0.05) is 24.3 Å². The van der Waals surface area contributed by atoms with Crippen LogP contribution in [0.25, 0.3) is 33.2 Å². The summed E-state index contributed by atoms with van der Waals surface area (Å²) < 4.78 is 0. The molecule has 20 heavy (non-hydrogen) atoms. The normalized spacial score (nSPS) is 11.2. The molecule has 0 aliphatic carbocycles. The molecule has 96 valence electrons. The minimum atomic E-state index is 0.721. The van der Waals surface area contributed by atoms with Crippen LogP contribution in [0.15, 0.2) is 54.6 Å². The molecule has 0 aliphatic rings. The fraction of sp³-hybridized carbons (Fsp3) is 0. The number of nitrogens with zero attached hydrogens (tertiary/aromatic N) is 2. The van der Waals surface area contributed by atoms with Crippen molar-refractivity contribution in [1.82, 2.24) is 15.2 Å². The molecule has 0 aliphatic heterocycles. The van der Waals surface area contributed by atoms with E-state index < -0.39 is 0 Å². The van der Waals surface area contributed by atoms with Crippen LogP contribution in [0.3, 0.4) is 0 Å². The van der Waals surface area contributed by atoms with Gasteiger partial charge in [0, 0.05) is 16.5 Å². The SMILES string of the molecule is Nc1ccc2c(-c3ccc4ccccc4n3)n[nH]c2c1. The van der Waals surface area contributed by atoms with E-state index in [4.69, 9.17) is 5.73 Å². The van der Waals surface area contributed by atoms with Crippen molar-refractivity contribution in [2.45, 2.75) is 0 Å². The number of pyridine rings is 1.